The van der Waals surface area contributed by atoms with E-state index in [0.717, 1.165) is 5.56 Å². The molecule has 0 spiro atoms. The highest BCUT2D eigenvalue weighted by Gasteiger charge is 2.06. The van der Waals surface area contributed by atoms with Crippen LogP contribution < -0.4 is 0 Å². The topological polar surface area (TPSA) is 20.2 Å². The summed E-state index contributed by atoms with van der Waals surface area (Å²) >= 11 is 6.44. The summed E-state index contributed by atoms with van der Waals surface area (Å²) < 4.78 is 14.1. The van der Waals surface area contributed by atoms with Crippen LogP contribution in [0.25, 0.3) is 0 Å². The van der Waals surface area contributed by atoms with Gasteiger partial charge in [0.15, 0.2) is 0 Å². The Morgan fingerprint density at radius 1 is 1.25 bits per heavy atom. The Balaban J connectivity index is 3.10. The summed E-state index contributed by atoms with van der Waals surface area (Å²) in [5.41, 5.74) is 0.888. The SMILES string of the molecule is OCCc1c(Br)cc(F)cc1Br. The highest BCUT2D eigenvalue weighted by atomic mass is 79.9. The molecule has 66 valence electrons. The van der Waals surface area contributed by atoms with E-state index in [0.29, 0.717) is 15.4 Å². The van der Waals surface area contributed by atoms with Gasteiger partial charge in [-0.15, -0.1) is 0 Å². The van der Waals surface area contributed by atoms with Gasteiger partial charge in [0.25, 0.3) is 0 Å². The molecule has 1 N–H and O–H groups in total. The molecule has 1 nitrogen and oxygen atoms in total. The van der Waals surface area contributed by atoms with Crippen molar-refractivity contribution in [3.8, 4) is 0 Å². The number of aliphatic hydroxyl groups excluding tert-OH is 1. The Morgan fingerprint density at radius 3 is 2.17 bits per heavy atom. The van der Waals surface area contributed by atoms with E-state index in [4.69, 9.17) is 5.11 Å². The van der Waals surface area contributed by atoms with Crippen molar-refractivity contribution in [1.82, 2.24) is 0 Å². The van der Waals surface area contributed by atoms with Crippen LogP contribution in [0.15, 0.2) is 21.1 Å². The zero-order valence-corrected chi connectivity index (χ0v) is 9.32. The Bertz CT molecular complexity index is 265. The largest absolute Gasteiger partial charge is 0.396 e. The van der Waals surface area contributed by atoms with E-state index in [1.807, 2.05) is 0 Å². The van der Waals surface area contributed by atoms with Crippen LogP contribution in [-0.4, -0.2) is 11.7 Å². The van der Waals surface area contributed by atoms with E-state index >= 15 is 0 Å². The summed E-state index contributed by atoms with van der Waals surface area (Å²) in [6, 6.07) is 2.77. The molecule has 0 radical (unpaired) electrons. The molecule has 0 saturated carbocycles. The van der Waals surface area contributed by atoms with Crippen LogP contribution in [0.4, 0.5) is 4.39 Å². The lowest BCUT2D eigenvalue weighted by molar-refractivity contribution is 0.299. The quantitative estimate of drug-likeness (QED) is 0.890. The molecule has 1 aromatic rings. The van der Waals surface area contributed by atoms with Crippen molar-refractivity contribution >= 4 is 31.9 Å². The third kappa shape index (κ3) is 2.28. The van der Waals surface area contributed by atoms with Gasteiger partial charge in [-0.3, -0.25) is 0 Å². The van der Waals surface area contributed by atoms with Gasteiger partial charge in [-0.05, 0) is 24.1 Å². The molecule has 0 aliphatic carbocycles. The molecule has 0 aliphatic heterocycles. The van der Waals surface area contributed by atoms with Gasteiger partial charge < -0.3 is 5.11 Å². The second-order valence-corrected chi connectivity index (χ2v) is 4.03. The first-order chi connectivity index (χ1) is 5.65. The first-order valence-corrected chi connectivity index (χ1v) is 4.98. The highest BCUT2D eigenvalue weighted by Crippen LogP contribution is 2.26. The molecule has 0 fully saturated rings. The number of hydrogen-bond donors (Lipinski definition) is 1. The number of halogens is 3. The maximum absolute atomic E-state index is 12.7. The van der Waals surface area contributed by atoms with Crippen molar-refractivity contribution in [3.63, 3.8) is 0 Å². The molecule has 0 aromatic heterocycles. The lowest BCUT2D eigenvalue weighted by atomic mass is 10.2. The van der Waals surface area contributed by atoms with Crippen molar-refractivity contribution in [1.29, 1.82) is 0 Å². The van der Waals surface area contributed by atoms with E-state index in [9.17, 15) is 4.39 Å². The minimum absolute atomic E-state index is 0.0584. The standard InChI is InChI=1S/C8H7Br2FO/c9-7-3-5(11)4-8(10)6(7)1-2-12/h3-4,12H,1-2H2. The van der Waals surface area contributed by atoms with Gasteiger partial charge >= 0.3 is 0 Å². The van der Waals surface area contributed by atoms with Gasteiger partial charge in [0.2, 0.25) is 0 Å². The zero-order chi connectivity index (χ0) is 9.14. The minimum atomic E-state index is -0.296. The maximum Gasteiger partial charge on any atom is 0.125 e. The number of hydrogen-bond acceptors (Lipinski definition) is 1. The first kappa shape index (κ1) is 10.2. The number of benzene rings is 1. The Labute approximate surface area is 86.9 Å². The average molecular weight is 298 g/mol. The van der Waals surface area contributed by atoms with Crippen molar-refractivity contribution in [3.05, 3.63) is 32.5 Å². The third-order valence-corrected chi connectivity index (χ3v) is 2.88. The number of aliphatic hydroxyl groups is 1. The molecule has 12 heavy (non-hydrogen) atoms. The van der Waals surface area contributed by atoms with Gasteiger partial charge in [-0.1, -0.05) is 31.9 Å². The molecular weight excluding hydrogens is 291 g/mol. The molecular formula is C8H7Br2FO. The highest BCUT2D eigenvalue weighted by molar-refractivity contribution is 9.11. The maximum atomic E-state index is 12.7. The molecule has 0 bridgehead atoms. The van der Waals surface area contributed by atoms with E-state index in [1.165, 1.54) is 12.1 Å². The van der Waals surface area contributed by atoms with Crippen molar-refractivity contribution < 1.29 is 9.50 Å². The predicted octanol–water partition coefficient (Wildman–Crippen LogP) is 2.89. The summed E-state index contributed by atoms with van der Waals surface area (Å²) in [6.45, 7) is 0.0584. The van der Waals surface area contributed by atoms with Crippen LogP contribution in [0.2, 0.25) is 0 Å². The molecule has 0 unspecified atom stereocenters. The summed E-state index contributed by atoms with van der Waals surface area (Å²) in [7, 11) is 0. The van der Waals surface area contributed by atoms with Gasteiger partial charge in [0.1, 0.15) is 5.82 Å². The fourth-order valence-corrected chi connectivity index (χ4v) is 2.45. The first-order valence-electron chi connectivity index (χ1n) is 3.39. The van der Waals surface area contributed by atoms with Crippen molar-refractivity contribution in [2.24, 2.45) is 0 Å². The fraction of sp³-hybridized carbons (Fsp3) is 0.250. The fourth-order valence-electron chi connectivity index (χ4n) is 0.923. The molecule has 4 heteroatoms. The predicted molar refractivity (Wildman–Crippen MR) is 52.6 cm³/mol. The molecule has 1 aromatic carbocycles. The van der Waals surface area contributed by atoms with Crippen LogP contribution in [0, 0.1) is 5.82 Å². The van der Waals surface area contributed by atoms with Crippen LogP contribution >= 0.6 is 31.9 Å². The van der Waals surface area contributed by atoms with Gasteiger partial charge in [0, 0.05) is 15.6 Å². The number of rotatable bonds is 2. The summed E-state index contributed by atoms with van der Waals surface area (Å²) in [4.78, 5) is 0. The zero-order valence-electron chi connectivity index (χ0n) is 6.15. The molecule has 0 atom stereocenters. The smallest absolute Gasteiger partial charge is 0.125 e. The Hall–Kier alpha value is 0.0700. The van der Waals surface area contributed by atoms with Crippen LogP contribution in [-0.2, 0) is 6.42 Å². The third-order valence-electron chi connectivity index (χ3n) is 1.47. The van der Waals surface area contributed by atoms with E-state index in [2.05, 4.69) is 31.9 Å². The van der Waals surface area contributed by atoms with Crippen molar-refractivity contribution in [2.45, 2.75) is 6.42 Å². The summed E-state index contributed by atoms with van der Waals surface area (Å²) in [6.07, 6.45) is 0.515. The Kier molecular flexibility index (Phi) is 3.68. The van der Waals surface area contributed by atoms with Gasteiger partial charge in [-0.25, -0.2) is 4.39 Å². The Morgan fingerprint density at radius 2 is 1.75 bits per heavy atom. The minimum Gasteiger partial charge on any atom is -0.396 e. The summed E-state index contributed by atoms with van der Waals surface area (Å²) in [5, 5.41) is 8.70. The van der Waals surface area contributed by atoms with Crippen LogP contribution in [0.5, 0.6) is 0 Å². The summed E-state index contributed by atoms with van der Waals surface area (Å²) in [5.74, 6) is -0.296. The average Bonchev–Trinajstić information content (AvgIpc) is 1.96. The van der Waals surface area contributed by atoms with E-state index < -0.39 is 0 Å². The monoisotopic (exact) mass is 296 g/mol. The van der Waals surface area contributed by atoms with Crippen LogP contribution in [0.3, 0.4) is 0 Å². The van der Waals surface area contributed by atoms with Gasteiger partial charge in [0.05, 0.1) is 0 Å². The lowest BCUT2D eigenvalue weighted by Gasteiger charge is -2.05. The second-order valence-electron chi connectivity index (χ2n) is 2.32. The normalized spacial score (nSPS) is 10.3. The lowest BCUT2D eigenvalue weighted by Crippen LogP contribution is -1.94. The second kappa shape index (κ2) is 4.35. The molecule has 1 rings (SSSR count). The van der Waals surface area contributed by atoms with Crippen molar-refractivity contribution in [2.75, 3.05) is 6.61 Å². The van der Waals surface area contributed by atoms with Crippen LogP contribution in [0.1, 0.15) is 5.56 Å². The molecule has 0 amide bonds. The molecule has 0 heterocycles. The van der Waals surface area contributed by atoms with E-state index in [1.54, 1.807) is 0 Å². The molecule has 0 saturated heterocycles. The van der Waals surface area contributed by atoms with E-state index in [-0.39, 0.29) is 12.4 Å². The molecule has 0 aliphatic rings. The van der Waals surface area contributed by atoms with Gasteiger partial charge in [-0.2, -0.15) is 0 Å².